The maximum Gasteiger partial charge on any atom is 0.0399 e. The van der Waals surface area contributed by atoms with Crippen molar-refractivity contribution in [3.8, 4) is 0 Å². The van der Waals surface area contributed by atoms with Crippen LogP contribution in [0.4, 0.5) is 5.69 Å². The Morgan fingerprint density at radius 2 is 1.71 bits per heavy atom. The predicted octanol–water partition coefficient (Wildman–Crippen LogP) is 3.27. The molecule has 1 N–H and O–H groups in total. The van der Waals surface area contributed by atoms with Crippen LogP contribution in [0.1, 0.15) is 17.5 Å². The fourth-order valence-corrected chi connectivity index (χ4v) is 3.04. The molecule has 0 spiro atoms. The summed E-state index contributed by atoms with van der Waals surface area (Å²) in [6.07, 6.45) is 3.54. The average molecular weight is 280 g/mol. The molecule has 0 saturated carbocycles. The van der Waals surface area contributed by atoms with E-state index in [0.29, 0.717) is 0 Å². The van der Waals surface area contributed by atoms with E-state index in [1.807, 2.05) is 0 Å². The molecular weight excluding hydrogens is 256 g/mol. The van der Waals surface area contributed by atoms with Crippen molar-refractivity contribution in [3.63, 3.8) is 0 Å². The first kappa shape index (κ1) is 14.2. The molecule has 110 valence electrons. The molecule has 0 aromatic heterocycles. The molecule has 0 fully saturated rings. The van der Waals surface area contributed by atoms with Crippen molar-refractivity contribution in [2.45, 2.75) is 19.3 Å². The van der Waals surface area contributed by atoms with Crippen molar-refractivity contribution < 1.29 is 0 Å². The van der Waals surface area contributed by atoms with Gasteiger partial charge in [-0.3, -0.25) is 0 Å². The molecule has 2 aromatic rings. The number of anilines is 1. The summed E-state index contributed by atoms with van der Waals surface area (Å²) in [4.78, 5) is 2.52. The zero-order valence-electron chi connectivity index (χ0n) is 12.6. The summed E-state index contributed by atoms with van der Waals surface area (Å²) in [6, 6.07) is 19.5. The second kappa shape index (κ2) is 7.28. The van der Waals surface area contributed by atoms with E-state index >= 15 is 0 Å². The van der Waals surface area contributed by atoms with Crippen LogP contribution >= 0.6 is 0 Å². The first-order valence-electron chi connectivity index (χ1n) is 8.01. The number of nitrogens with zero attached hydrogens (tertiary/aromatic N) is 1. The average Bonchev–Trinajstić information content (AvgIpc) is 2.95. The Balaban J connectivity index is 1.33. The normalized spacial score (nSPS) is 13.4. The van der Waals surface area contributed by atoms with E-state index in [4.69, 9.17) is 0 Å². The van der Waals surface area contributed by atoms with E-state index in [1.165, 1.54) is 36.2 Å². The molecule has 0 unspecified atom stereocenters. The number of para-hydroxylation sites is 1. The molecule has 2 nitrogen and oxygen atoms in total. The summed E-state index contributed by atoms with van der Waals surface area (Å²) in [5, 5.41) is 3.56. The number of fused-ring (bicyclic) bond motifs is 1. The fourth-order valence-electron chi connectivity index (χ4n) is 3.04. The zero-order chi connectivity index (χ0) is 14.3. The summed E-state index contributed by atoms with van der Waals surface area (Å²) in [5.74, 6) is 0. The third kappa shape index (κ3) is 3.85. The van der Waals surface area contributed by atoms with Gasteiger partial charge in [-0.15, -0.1) is 0 Å². The molecule has 1 aliphatic rings. The van der Waals surface area contributed by atoms with E-state index in [9.17, 15) is 0 Å². The number of nitrogens with one attached hydrogen (secondary N) is 1. The van der Waals surface area contributed by atoms with E-state index in [1.54, 1.807) is 0 Å². The summed E-state index contributed by atoms with van der Waals surface area (Å²) >= 11 is 0. The van der Waals surface area contributed by atoms with Gasteiger partial charge in [0, 0.05) is 18.8 Å². The minimum Gasteiger partial charge on any atom is -0.371 e. The minimum absolute atomic E-state index is 1.07. The van der Waals surface area contributed by atoms with Crippen LogP contribution in [-0.4, -0.2) is 26.2 Å². The van der Waals surface area contributed by atoms with E-state index in [-0.39, 0.29) is 0 Å². The third-order valence-electron chi connectivity index (χ3n) is 4.20. The lowest BCUT2D eigenvalue weighted by Gasteiger charge is -2.19. The van der Waals surface area contributed by atoms with Crippen molar-refractivity contribution in [3.05, 3.63) is 65.7 Å². The van der Waals surface area contributed by atoms with Gasteiger partial charge in [-0.2, -0.15) is 0 Å². The maximum atomic E-state index is 3.56. The Morgan fingerprint density at radius 3 is 2.62 bits per heavy atom. The monoisotopic (exact) mass is 280 g/mol. The van der Waals surface area contributed by atoms with E-state index < -0.39 is 0 Å². The summed E-state index contributed by atoms with van der Waals surface area (Å²) < 4.78 is 0. The predicted molar refractivity (Wildman–Crippen MR) is 90.0 cm³/mol. The van der Waals surface area contributed by atoms with Gasteiger partial charge < -0.3 is 10.2 Å². The van der Waals surface area contributed by atoms with Crippen molar-refractivity contribution in [2.24, 2.45) is 0 Å². The third-order valence-corrected chi connectivity index (χ3v) is 4.20. The molecule has 3 rings (SSSR count). The second-order valence-corrected chi connectivity index (χ2v) is 5.70. The highest BCUT2D eigenvalue weighted by atomic mass is 15.1. The molecule has 0 bridgehead atoms. The standard InChI is InChI=1S/C19H24N2/c1-2-7-17(8-3-1)11-14-20-13-6-15-21-16-12-18-9-4-5-10-19(18)21/h1-5,7-10,20H,6,11-16H2. The number of hydrogen-bond acceptors (Lipinski definition) is 2. The van der Waals surface area contributed by atoms with Crippen molar-refractivity contribution in [1.82, 2.24) is 5.32 Å². The Kier molecular flexibility index (Phi) is 4.90. The largest absolute Gasteiger partial charge is 0.371 e. The van der Waals surface area contributed by atoms with Gasteiger partial charge >= 0.3 is 0 Å². The quantitative estimate of drug-likeness (QED) is 0.783. The number of hydrogen-bond donors (Lipinski definition) is 1. The van der Waals surface area contributed by atoms with Gasteiger partial charge in [0.25, 0.3) is 0 Å². The lowest BCUT2D eigenvalue weighted by Crippen LogP contribution is -2.26. The second-order valence-electron chi connectivity index (χ2n) is 5.70. The smallest absolute Gasteiger partial charge is 0.0399 e. The molecule has 1 aliphatic heterocycles. The Hall–Kier alpha value is -1.80. The Bertz CT molecular complexity index is 551. The molecule has 0 amide bonds. The van der Waals surface area contributed by atoms with Crippen molar-refractivity contribution in [2.75, 3.05) is 31.1 Å². The lowest BCUT2D eigenvalue weighted by atomic mass is 10.1. The zero-order valence-corrected chi connectivity index (χ0v) is 12.6. The van der Waals surface area contributed by atoms with Crippen molar-refractivity contribution in [1.29, 1.82) is 0 Å². The summed E-state index contributed by atoms with van der Waals surface area (Å²) in [5.41, 5.74) is 4.37. The van der Waals surface area contributed by atoms with Crippen LogP contribution in [0.5, 0.6) is 0 Å². The SMILES string of the molecule is c1ccc(CCNCCCN2CCc3ccccc32)cc1. The Labute approximate surface area is 127 Å². The Morgan fingerprint density at radius 1 is 0.905 bits per heavy atom. The van der Waals surface area contributed by atoms with Crippen LogP contribution in [0.25, 0.3) is 0 Å². The van der Waals surface area contributed by atoms with Crippen LogP contribution in [0.3, 0.4) is 0 Å². The molecular formula is C19H24N2. The van der Waals surface area contributed by atoms with E-state index in [2.05, 4.69) is 64.8 Å². The van der Waals surface area contributed by atoms with Crippen LogP contribution in [-0.2, 0) is 12.8 Å². The van der Waals surface area contributed by atoms with Crippen molar-refractivity contribution >= 4 is 5.69 Å². The summed E-state index contributed by atoms with van der Waals surface area (Å²) in [6.45, 7) is 4.52. The highest BCUT2D eigenvalue weighted by Gasteiger charge is 2.16. The minimum atomic E-state index is 1.07. The number of benzene rings is 2. The van der Waals surface area contributed by atoms with Crippen LogP contribution in [0.2, 0.25) is 0 Å². The molecule has 0 saturated heterocycles. The van der Waals surface area contributed by atoms with Gasteiger partial charge in [0.15, 0.2) is 0 Å². The van der Waals surface area contributed by atoms with Gasteiger partial charge in [-0.25, -0.2) is 0 Å². The fraction of sp³-hybridized carbons (Fsp3) is 0.368. The maximum absolute atomic E-state index is 3.56. The van der Waals surface area contributed by atoms with E-state index in [0.717, 1.165) is 26.1 Å². The van der Waals surface area contributed by atoms with Gasteiger partial charge in [-0.1, -0.05) is 48.5 Å². The molecule has 2 aromatic carbocycles. The lowest BCUT2D eigenvalue weighted by molar-refractivity contribution is 0.637. The molecule has 0 atom stereocenters. The van der Waals surface area contributed by atoms with Gasteiger partial charge in [0.2, 0.25) is 0 Å². The molecule has 2 heteroatoms. The number of rotatable bonds is 7. The molecule has 1 heterocycles. The first-order chi connectivity index (χ1) is 10.4. The van der Waals surface area contributed by atoms with Crippen LogP contribution in [0.15, 0.2) is 54.6 Å². The van der Waals surface area contributed by atoms with Gasteiger partial charge in [0.1, 0.15) is 0 Å². The first-order valence-corrected chi connectivity index (χ1v) is 8.01. The van der Waals surface area contributed by atoms with Gasteiger partial charge in [0.05, 0.1) is 0 Å². The molecule has 0 aliphatic carbocycles. The highest BCUT2D eigenvalue weighted by Crippen LogP contribution is 2.27. The topological polar surface area (TPSA) is 15.3 Å². The van der Waals surface area contributed by atoms with Gasteiger partial charge in [-0.05, 0) is 49.5 Å². The van der Waals surface area contributed by atoms with Crippen LogP contribution < -0.4 is 10.2 Å². The van der Waals surface area contributed by atoms with Crippen LogP contribution in [0, 0.1) is 0 Å². The highest BCUT2D eigenvalue weighted by molar-refractivity contribution is 5.57. The molecule has 21 heavy (non-hydrogen) atoms. The summed E-state index contributed by atoms with van der Waals surface area (Å²) in [7, 11) is 0. The molecule has 0 radical (unpaired) electrons.